The summed E-state index contributed by atoms with van der Waals surface area (Å²) < 4.78 is 21.7. The Hall–Kier alpha value is -0.160. The van der Waals surface area contributed by atoms with E-state index in [-0.39, 0.29) is 18.5 Å². The lowest BCUT2D eigenvalue weighted by atomic mass is 10.0. The van der Waals surface area contributed by atoms with Crippen molar-refractivity contribution in [2.45, 2.75) is 31.5 Å². The maximum absolute atomic E-state index is 5.77. The highest BCUT2D eigenvalue weighted by Gasteiger charge is 2.46. The van der Waals surface area contributed by atoms with E-state index in [1.807, 2.05) is 0 Å². The lowest BCUT2D eigenvalue weighted by Crippen LogP contribution is -2.44. The molecule has 3 aliphatic rings. The number of epoxide rings is 2. The second-order valence-electron chi connectivity index (χ2n) is 4.02. The molecule has 3 aliphatic heterocycles. The van der Waals surface area contributed by atoms with Crippen LogP contribution in [0.3, 0.4) is 0 Å². The van der Waals surface area contributed by atoms with Crippen LogP contribution in [-0.4, -0.2) is 44.4 Å². The zero-order valence-electron chi connectivity index (χ0n) is 7.64. The molecule has 0 aliphatic carbocycles. The van der Waals surface area contributed by atoms with Gasteiger partial charge in [-0.1, -0.05) is 6.92 Å². The quantitative estimate of drug-likeness (QED) is 0.576. The van der Waals surface area contributed by atoms with E-state index in [2.05, 4.69) is 6.92 Å². The average molecular weight is 186 g/mol. The lowest BCUT2D eigenvalue weighted by molar-refractivity contribution is -0.243. The van der Waals surface area contributed by atoms with Crippen molar-refractivity contribution in [2.24, 2.45) is 5.92 Å². The summed E-state index contributed by atoms with van der Waals surface area (Å²) in [6.45, 7) is 4.51. The van der Waals surface area contributed by atoms with Gasteiger partial charge in [0, 0.05) is 5.92 Å². The SMILES string of the molecule is CC1COC(C2CO2)OC1C1CO1. The second-order valence-corrected chi connectivity index (χ2v) is 4.02. The molecular formula is C9H14O4. The van der Waals surface area contributed by atoms with Crippen molar-refractivity contribution in [2.75, 3.05) is 19.8 Å². The van der Waals surface area contributed by atoms with Crippen molar-refractivity contribution in [1.29, 1.82) is 0 Å². The van der Waals surface area contributed by atoms with Crippen LogP contribution in [0, 0.1) is 5.92 Å². The summed E-state index contributed by atoms with van der Waals surface area (Å²) >= 11 is 0. The summed E-state index contributed by atoms with van der Waals surface area (Å²) in [6, 6.07) is 0. The Morgan fingerprint density at radius 2 is 1.62 bits per heavy atom. The second kappa shape index (κ2) is 2.92. The molecule has 3 fully saturated rings. The zero-order chi connectivity index (χ0) is 8.84. The van der Waals surface area contributed by atoms with Crippen molar-refractivity contribution in [3.8, 4) is 0 Å². The highest BCUT2D eigenvalue weighted by molar-refractivity contribution is 4.88. The zero-order valence-corrected chi connectivity index (χ0v) is 7.64. The Labute approximate surface area is 77.1 Å². The molecule has 0 N–H and O–H groups in total. The first kappa shape index (κ1) is 8.17. The highest BCUT2D eigenvalue weighted by atomic mass is 16.7. The van der Waals surface area contributed by atoms with Crippen LogP contribution in [0.25, 0.3) is 0 Å². The monoisotopic (exact) mass is 186 g/mol. The maximum atomic E-state index is 5.77. The van der Waals surface area contributed by atoms with Gasteiger partial charge < -0.3 is 18.9 Å². The van der Waals surface area contributed by atoms with Gasteiger partial charge >= 0.3 is 0 Å². The molecule has 0 spiro atoms. The molecule has 3 heterocycles. The standard InChI is InChI=1S/C9H14O4/c1-5-2-12-9(7-4-11-7)13-8(5)6-3-10-6/h5-9H,2-4H2,1H3. The molecule has 0 aromatic heterocycles. The van der Waals surface area contributed by atoms with E-state index in [9.17, 15) is 0 Å². The summed E-state index contributed by atoms with van der Waals surface area (Å²) in [5.74, 6) is 0.433. The Kier molecular flexibility index (Phi) is 1.83. The Morgan fingerprint density at radius 1 is 0.923 bits per heavy atom. The minimum atomic E-state index is -0.148. The van der Waals surface area contributed by atoms with Crippen LogP contribution in [0.5, 0.6) is 0 Å². The molecule has 0 bridgehead atoms. The van der Waals surface area contributed by atoms with Crippen LogP contribution in [0.1, 0.15) is 6.92 Å². The molecule has 3 saturated heterocycles. The van der Waals surface area contributed by atoms with Crippen LogP contribution < -0.4 is 0 Å². The predicted molar refractivity (Wildman–Crippen MR) is 43.3 cm³/mol. The largest absolute Gasteiger partial charge is 0.370 e. The fraction of sp³-hybridized carbons (Fsp3) is 1.00. The topological polar surface area (TPSA) is 43.5 Å². The van der Waals surface area contributed by atoms with Gasteiger partial charge in [-0.05, 0) is 0 Å². The van der Waals surface area contributed by atoms with Gasteiger partial charge in [0.2, 0.25) is 0 Å². The maximum Gasteiger partial charge on any atom is 0.186 e. The minimum Gasteiger partial charge on any atom is -0.370 e. The third-order valence-corrected chi connectivity index (χ3v) is 2.76. The van der Waals surface area contributed by atoms with Gasteiger partial charge in [-0.3, -0.25) is 0 Å². The van der Waals surface area contributed by atoms with E-state index < -0.39 is 0 Å². The fourth-order valence-corrected chi connectivity index (χ4v) is 1.78. The number of hydrogen-bond donors (Lipinski definition) is 0. The first-order valence-electron chi connectivity index (χ1n) is 4.85. The summed E-state index contributed by atoms with van der Waals surface area (Å²) in [5, 5.41) is 0. The third kappa shape index (κ3) is 1.59. The van der Waals surface area contributed by atoms with Gasteiger partial charge in [0.25, 0.3) is 0 Å². The van der Waals surface area contributed by atoms with Gasteiger partial charge in [0.1, 0.15) is 12.2 Å². The molecule has 5 atom stereocenters. The predicted octanol–water partition coefficient (Wildman–Crippen LogP) is 0.162. The van der Waals surface area contributed by atoms with Crippen LogP contribution in [0.2, 0.25) is 0 Å². The van der Waals surface area contributed by atoms with E-state index in [0.29, 0.717) is 12.0 Å². The lowest BCUT2D eigenvalue weighted by Gasteiger charge is -2.33. The van der Waals surface area contributed by atoms with Crippen molar-refractivity contribution >= 4 is 0 Å². The van der Waals surface area contributed by atoms with E-state index >= 15 is 0 Å². The smallest absolute Gasteiger partial charge is 0.186 e. The molecule has 0 saturated carbocycles. The normalized spacial score (nSPS) is 54.7. The van der Waals surface area contributed by atoms with Gasteiger partial charge in [-0.25, -0.2) is 0 Å². The van der Waals surface area contributed by atoms with E-state index in [4.69, 9.17) is 18.9 Å². The van der Waals surface area contributed by atoms with Crippen molar-refractivity contribution in [3.05, 3.63) is 0 Å². The molecule has 4 heteroatoms. The van der Waals surface area contributed by atoms with E-state index in [1.54, 1.807) is 0 Å². The van der Waals surface area contributed by atoms with Crippen LogP contribution >= 0.6 is 0 Å². The van der Waals surface area contributed by atoms with Crippen molar-refractivity contribution in [3.63, 3.8) is 0 Å². The molecular weight excluding hydrogens is 172 g/mol. The Morgan fingerprint density at radius 3 is 2.23 bits per heavy atom. The minimum absolute atomic E-state index is 0.148. The van der Waals surface area contributed by atoms with Gasteiger partial charge in [-0.2, -0.15) is 0 Å². The van der Waals surface area contributed by atoms with Gasteiger partial charge in [0.05, 0.1) is 25.9 Å². The number of ether oxygens (including phenoxy) is 4. The van der Waals surface area contributed by atoms with E-state index in [0.717, 1.165) is 19.8 Å². The summed E-state index contributed by atoms with van der Waals surface area (Å²) in [7, 11) is 0. The number of hydrogen-bond acceptors (Lipinski definition) is 4. The van der Waals surface area contributed by atoms with Gasteiger partial charge in [0.15, 0.2) is 6.29 Å². The fourth-order valence-electron chi connectivity index (χ4n) is 1.78. The summed E-state index contributed by atoms with van der Waals surface area (Å²) in [5.41, 5.74) is 0. The number of rotatable bonds is 2. The molecule has 0 aromatic carbocycles. The average Bonchev–Trinajstić information content (AvgIpc) is 3.00. The van der Waals surface area contributed by atoms with Crippen LogP contribution in [0.15, 0.2) is 0 Å². The summed E-state index contributed by atoms with van der Waals surface area (Å²) in [4.78, 5) is 0. The molecule has 3 rings (SSSR count). The first-order chi connectivity index (χ1) is 6.34. The highest BCUT2D eigenvalue weighted by Crippen LogP contribution is 2.32. The third-order valence-electron chi connectivity index (χ3n) is 2.76. The van der Waals surface area contributed by atoms with Crippen molar-refractivity contribution < 1.29 is 18.9 Å². The molecule has 74 valence electrons. The van der Waals surface area contributed by atoms with Crippen LogP contribution in [-0.2, 0) is 18.9 Å². The first-order valence-corrected chi connectivity index (χ1v) is 4.85. The van der Waals surface area contributed by atoms with E-state index in [1.165, 1.54) is 0 Å². The molecule has 13 heavy (non-hydrogen) atoms. The van der Waals surface area contributed by atoms with Gasteiger partial charge in [-0.15, -0.1) is 0 Å². The Bertz CT molecular complexity index is 200. The Balaban J connectivity index is 1.63. The molecule has 0 radical (unpaired) electrons. The molecule has 0 amide bonds. The van der Waals surface area contributed by atoms with Crippen molar-refractivity contribution in [1.82, 2.24) is 0 Å². The van der Waals surface area contributed by atoms with Crippen LogP contribution in [0.4, 0.5) is 0 Å². The summed E-state index contributed by atoms with van der Waals surface area (Å²) in [6.07, 6.45) is 0.544. The molecule has 5 unspecified atom stereocenters. The molecule has 0 aromatic rings. The molecule has 4 nitrogen and oxygen atoms in total.